The molecule has 0 unspecified atom stereocenters. The van der Waals surface area contributed by atoms with E-state index in [0.717, 1.165) is 5.56 Å². The van der Waals surface area contributed by atoms with Crippen molar-refractivity contribution in [2.75, 3.05) is 0 Å². The lowest BCUT2D eigenvalue weighted by Crippen LogP contribution is -2.30. The van der Waals surface area contributed by atoms with Gasteiger partial charge < -0.3 is 5.11 Å². The van der Waals surface area contributed by atoms with Crippen LogP contribution in [0.5, 0.6) is 5.75 Å². The number of phenolic OH excluding ortho intramolecular Hbond substituents is 1. The zero-order valence-electron chi connectivity index (χ0n) is 7.83. The Labute approximate surface area is 97.0 Å². The van der Waals surface area contributed by atoms with Crippen LogP contribution in [-0.2, 0) is 11.2 Å². The van der Waals surface area contributed by atoms with Crippen LogP contribution in [-0.4, -0.2) is 16.9 Å². The van der Waals surface area contributed by atoms with Crippen molar-refractivity contribution in [2.45, 2.75) is 19.4 Å². The first-order valence-corrected chi connectivity index (χ1v) is 5.36. The van der Waals surface area contributed by atoms with Gasteiger partial charge in [-0.1, -0.05) is 12.1 Å². The number of carbonyl (C=O) groups excluding carboxylic acids is 1. The molecule has 3 nitrogen and oxygen atoms in total. The zero-order chi connectivity index (χ0) is 10.6. The number of benzene rings is 1. The van der Waals surface area contributed by atoms with Gasteiger partial charge in [-0.3, -0.25) is 8.32 Å². The minimum atomic E-state index is -0.153. The highest BCUT2D eigenvalue weighted by atomic mass is 127. The molecule has 76 valence electrons. The molecule has 0 spiro atoms. The molecule has 4 heteroatoms. The molecule has 1 atom stereocenters. The smallest absolute Gasteiger partial charge is 0.147 e. The Morgan fingerprint density at radius 1 is 1.50 bits per heavy atom. The quantitative estimate of drug-likeness (QED) is 0.659. The van der Waals surface area contributed by atoms with Crippen LogP contribution in [0.15, 0.2) is 24.3 Å². The standard InChI is InChI=1S/C10H12INO2/c1-7(13)10(12-11)6-8-2-4-9(14)5-3-8/h2-5,10,12,14H,6H2,1H3/t10-/m0/s1. The molecule has 0 aliphatic carbocycles. The van der Waals surface area contributed by atoms with Gasteiger partial charge in [-0.05, 0) is 31.0 Å². The van der Waals surface area contributed by atoms with Crippen LogP contribution in [0.25, 0.3) is 0 Å². The van der Waals surface area contributed by atoms with Gasteiger partial charge in [0.05, 0.1) is 6.04 Å². The number of hydrogen-bond acceptors (Lipinski definition) is 3. The van der Waals surface area contributed by atoms with Crippen molar-refractivity contribution in [2.24, 2.45) is 0 Å². The molecule has 0 heterocycles. The summed E-state index contributed by atoms with van der Waals surface area (Å²) in [6, 6.07) is 6.73. The van der Waals surface area contributed by atoms with E-state index >= 15 is 0 Å². The van der Waals surface area contributed by atoms with Crippen LogP contribution in [0, 0.1) is 0 Å². The molecular weight excluding hydrogens is 293 g/mol. The molecule has 0 aliphatic heterocycles. The molecule has 0 aliphatic rings. The van der Waals surface area contributed by atoms with Gasteiger partial charge in [0, 0.05) is 22.9 Å². The largest absolute Gasteiger partial charge is 0.508 e. The van der Waals surface area contributed by atoms with E-state index in [0.29, 0.717) is 6.42 Å². The Hall–Kier alpha value is -0.620. The van der Waals surface area contributed by atoms with Crippen LogP contribution in [0.3, 0.4) is 0 Å². The van der Waals surface area contributed by atoms with Gasteiger partial charge in [-0.2, -0.15) is 0 Å². The summed E-state index contributed by atoms with van der Waals surface area (Å²) in [6.07, 6.45) is 0.651. The van der Waals surface area contributed by atoms with Gasteiger partial charge in [0.15, 0.2) is 0 Å². The van der Waals surface area contributed by atoms with E-state index in [2.05, 4.69) is 3.53 Å². The third-order valence-electron chi connectivity index (χ3n) is 2.00. The molecule has 0 amide bonds. The number of carbonyl (C=O) groups is 1. The Bertz CT molecular complexity index is 310. The summed E-state index contributed by atoms with van der Waals surface area (Å²) in [4.78, 5) is 11.1. The maximum absolute atomic E-state index is 11.1. The highest BCUT2D eigenvalue weighted by Gasteiger charge is 2.12. The molecule has 0 bridgehead atoms. The molecule has 0 aromatic heterocycles. The van der Waals surface area contributed by atoms with Crippen LogP contribution < -0.4 is 3.53 Å². The summed E-state index contributed by atoms with van der Waals surface area (Å²) in [5.41, 5.74) is 1.03. The van der Waals surface area contributed by atoms with Crippen molar-refractivity contribution in [3.8, 4) is 5.75 Å². The van der Waals surface area contributed by atoms with Gasteiger partial charge >= 0.3 is 0 Å². The van der Waals surface area contributed by atoms with Crippen molar-refractivity contribution >= 4 is 28.6 Å². The lowest BCUT2D eigenvalue weighted by Gasteiger charge is -2.10. The fourth-order valence-electron chi connectivity index (χ4n) is 1.13. The molecule has 0 radical (unpaired) electrons. The van der Waals surface area contributed by atoms with Crippen LogP contribution in [0.2, 0.25) is 0 Å². The molecule has 2 N–H and O–H groups in total. The first kappa shape index (κ1) is 11.5. The van der Waals surface area contributed by atoms with Gasteiger partial charge in [-0.25, -0.2) is 0 Å². The van der Waals surface area contributed by atoms with Crippen molar-refractivity contribution in [3.05, 3.63) is 29.8 Å². The Balaban J connectivity index is 2.67. The van der Waals surface area contributed by atoms with Gasteiger partial charge in [0.25, 0.3) is 0 Å². The fourth-order valence-corrected chi connectivity index (χ4v) is 1.79. The fraction of sp³-hybridized carbons (Fsp3) is 0.300. The maximum Gasteiger partial charge on any atom is 0.147 e. The SMILES string of the molecule is CC(=O)[C@H](Cc1ccc(O)cc1)NI. The van der Waals surface area contributed by atoms with Crippen molar-refractivity contribution in [1.82, 2.24) is 3.53 Å². The van der Waals surface area contributed by atoms with E-state index in [4.69, 9.17) is 5.11 Å². The number of aromatic hydroxyl groups is 1. The minimum absolute atomic E-state index is 0.118. The third kappa shape index (κ3) is 3.26. The summed E-state index contributed by atoms with van der Waals surface area (Å²) in [5, 5.41) is 9.07. The van der Waals surface area contributed by atoms with Gasteiger partial charge in [0.2, 0.25) is 0 Å². The maximum atomic E-state index is 11.1. The van der Waals surface area contributed by atoms with Crippen molar-refractivity contribution in [3.63, 3.8) is 0 Å². The number of nitrogens with one attached hydrogen (secondary N) is 1. The van der Waals surface area contributed by atoms with E-state index in [-0.39, 0.29) is 17.6 Å². The second-order valence-corrected chi connectivity index (χ2v) is 3.77. The second kappa shape index (κ2) is 5.31. The molecule has 1 aromatic rings. The molecule has 0 saturated carbocycles. The monoisotopic (exact) mass is 305 g/mol. The minimum Gasteiger partial charge on any atom is -0.508 e. The van der Waals surface area contributed by atoms with E-state index in [9.17, 15) is 4.79 Å². The summed E-state index contributed by atoms with van der Waals surface area (Å²) in [6.45, 7) is 1.57. The first-order chi connectivity index (χ1) is 6.63. The average Bonchev–Trinajstić information content (AvgIpc) is 2.16. The summed E-state index contributed by atoms with van der Waals surface area (Å²) < 4.78 is 2.92. The van der Waals surface area contributed by atoms with Crippen LogP contribution in [0.4, 0.5) is 0 Å². The van der Waals surface area contributed by atoms with Crippen LogP contribution >= 0.6 is 22.9 Å². The number of Topliss-reactive ketones (excluding diaryl/α,β-unsaturated/α-hetero) is 1. The molecular formula is C10H12INO2. The van der Waals surface area contributed by atoms with Crippen molar-refractivity contribution in [1.29, 1.82) is 0 Å². The number of halogens is 1. The van der Waals surface area contributed by atoms with E-state index in [1.807, 2.05) is 35.0 Å². The van der Waals surface area contributed by atoms with Crippen LogP contribution in [0.1, 0.15) is 12.5 Å². The van der Waals surface area contributed by atoms with Gasteiger partial charge in [0.1, 0.15) is 11.5 Å². The normalized spacial score (nSPS) is 12.4. The van der Waals surface area contributed by atoms with E-state index in [1.165, 1.54) is 0 Å². The Morgan fingerprint density at radius 2 is 2.07 bits per heavy atom. The lowest BCUT2D eigenvalue weighted by molar-refractivity contribution is -0.118. The highest BCUT2D eigenvalue weighted by Crippen LogP contribution is 2.11. The molecule has 0 saturated heterocycles. The molecule has 1 rings (SSSR count). The summed E-state index contributed by atoms with van der Waals surface area (Å²) in [7, 11) is 0. The van der Waals surface area contributed by atoms with E-state index < -0.39 is 0 Å². The summed E-state index contributed by atoms with van der Waals surface area (Å²) in [5.74, 6) is 0.364. The predicted octanol–water partition coefficient (Wildman–Crippen LogP) is 1.83. The number of rotatable bonds is 4. The number of phenols is 1. The summed E-state index contributed by atoms with van der Waals surface area (Å²) >= 11 is 1.98. The predicted molar refractivity (Wildman–Crippen MR) is 63.4 cm³/mol. The molecule has 0 fully saturated rings. The topological polar surface area (TPSA) is 49.3 Å². The Morgan fingerprint density at radius 3 is 2.50 bits per heavy atom. The lowest BCUT2D eigenvalue weighted by atomic mass is 10.0. The van der Waals surface area contributed by atoms with E-state index in [1.54, 1.807) is 19.1 Å². The van der Waals surface area contributed by atoms with Crippen molar-refractivity contribution < 1.29 is 9.90 Å². The zero-order valence-corrected chi connectivity index (χ0v) is 9.98. The highest BCUT2D eigenvalue weighted by molar-refractivity contribution is 14.1. The number of hydrogen-bond donors (Lipinski definition) is 2. The van der Waals surface area contributed by atoms with Gasteiger partial charge in [-0.15, -0.1) is 0 Å². The molecule has 14 heavy (non-hydrogen) atoms. The Kier molecular flexibility index (Phi) is 4.34. The molecule has 1 aromatic carbocycles. The average molecular weight is 305 g/mol. The third-order valence-corrected chi connectivity index (χ3v) is 2.75. The number of ketones is 1. The second-order valence-electron chi connectivity index (χ2n) is 3.14. The first-order valence-electron chi connectivity index (χ1n) is 4.28.